The van der Waals surface area contributed by atoms with Crippen LogP contribution in [-0.4, -0.2) is 67.6 Å². The lowest BCUT2D eigenvalue weighted by molar-refractivity contribution is 0.0698. The second-order valence-corrected chi connectivity index (χ2v) is 20.8. The molecule has 74 heavy (non-hydrogen) atoms. The zero-order chi connectivity index (χ0) is 49.9. The minimum atomic E-state index is -0.859. The molecule has 6 aromatic heterocycles. The first-order chi connectivity index (χ1) is 35.6. The summed E-state index contributed by atoms with van der Waals surface area (Å²) < 4.78 is 2.96. The van der Waals surface area contributed by atoms with Crippen LogP contribution < -0.4 is 17.2 Å². The van der Waals surface area contributed by atoms with E-state index in [1.165, 1.54) is 84.4 Å². The van der Waals surface area contributed by atoms with Gasteiger partial charge in [0, 0.05) is 72.2 Å². The number of rotatable bonds is 6. The van der Waals surface area contributed by atoms with Crippen molar-refractivity contribution >= 4 is 67.9 Å². The number of nitrogen functional groups attached to an aromatic ring is 3. The molecule has 15 rings (SSSR count). The quantitative estimate of drug-likeness (QED) is 0.0781. The number of anilines is 3. The number of carboxylic acids is 1. The number of hydrogen-bond donors (Lipinski definition) is 8. The minimum Gasteiger partial charge on any atom is -0.478 e. The van der Waals surface area contributed by atoms with E-state index in [0.717, 1.165) is 119 Å². The number of nitrogens with two attached hydrogens (primary N) is 3. The third-order valence-corrected chi connectivity index (χ3v) is 15.7. The molecule has 0 spiro atoms. The third-order valence-electron chi connectivity index (χ3n) is 15.7. The standard InChI is InChI=1S/2C19H20N4O.C12H11NO2.C7H11N3.CH4/c20-18-13-4-1-2-7-17(13)23(22-18)19(24)12-5-3-6-15-14(12)10-16(21-15)11-8-9-11;20-18-13-4-1-2-6-16(13)22-23(18)19(24)12-5-3-7-15-14(12)10-17(21-15)11-8-9-11;14-12(15)8-2-1-3-10-9(8)6-11(13-10)7-4-5-7;8-7-5-3-1-2-4-6(5)9-10-7;/h3,5-6,10-11,21H,1-2,4,7-9H2,(H2,20,22);3,5,7,10-11,21H,1-2,4,6,8-9,20H2;1-3,6-7,13H,4-5H2,(H,14,15);1-4H2,(H3,8,9,10);1H4. The van der Waals surface area contributed by atoms with Gasteiger partial charge in [0.2, 0.25) is 0 Å². The van der Waals surface area contributed by atoms with Crippen LogP contribution in [0, 0.1) is 0 Å². The van der Waals surface area contributed by atoms with E-state index in [0.29, 0.717) is 51.9 Å². The van der Waals surface area contributed by atoms with Crippen LogP contribution in [0.3, 0.4) is 0 Å². The summed E-state index contributed by atoms with van der Waals surface area (Å²) in [6.45, 7) is 0. The van der Waals surface area contributed by atoms with E-state index in [-0.39, 0.29) is 19.2 Å². The van der Waals surface area contributed by atoms with Crippen LogP contribution in [0.5, 0.6) is 0 Å². The van der Waals surface area contributed by atoms with Gasteiger partial charge < -0.3 is 37.3 Å². The monoisotopic (exact) mass is 995 g/mol. The lowest BCUT2D eigenvalue weighted by Gasteiger charge is -2.13. The Morgan fingerprint density at radius 2 is 0.986 bits per heavy atom. The van der Waals surface area contributed by atoms with Crippen molar-refractivity contribution in [1.29, 1.82) is 0 Å². The highest BCUT2D eigenvalue weighted by Crippen LogP contribution is 2.43. The van der Waals surface area contributed by atoms with E-state index in [4.69, 9.17) is 22.3 Å². The summed E-state index contributed by atoms with van der Waals surface area (Å²) in [4.78, 5) is 47.5. The maximum atomic E-state index is 13.2. The van der Waals surface area contributed by atoms with Gasteiger partial charge in [0.05, 0.1) is 28.1 Å². The number of fused-ring (bicyclic) bond motifs is 6. The number of nitrogens with one attached hydrogen (secondary N) is 4. The molecule has 0 radical (unpaired) electrons. The normalized spacial score (nSPS) is 16.6. The van der Waals surface area contributed by atoms with E-state index in [1.807, 2.05) is 48.5 Å². The molecule has 382 valence electrons. The Morgan fingerprint density at radius 1 is 0.527 bits per heavy atom. The third kappa shape index (κ3) is 9.37. The van der Waals surface area contributed by atoms with Crippen LogP contribution in [0.1, 0.15) is 184 Å². The topological polar surface area (TPSA) is 261 Å². The molecule has 6 aliphatic rings. The fraction of sp³-hybridized carbons (Fsp3) is 0.379. The summed E-state index contributed by atoms with van der Waals surface area (Å²) in [6.07, 6.45) is 20.2. The maximum Gasteiger partial charge on any atom is 0.336 e. The lowest BCUT2D eigenvalue weighted by atomic mass is 9.97. The molecule has 3 aromatic carbocycles. The number of aromatic carboxylic acids is 1. The summed E-state index contributed by atoms with van der Waals surface area (Å²) in [6, 6.07) is 23.3. The van der Waals surface area contributed by atoms with Crippen LogP contribution in [0.25, 0.3) is 32.7 Å². The number of nitrogens with zero attached hydrogens (tertiary/aromatic N) is 5. The van der Waals surface area contributed by atoms with Gasteiger partial charge in [-0.05, 0) is 188 Å². The molecule has 11 N–H and O–H groups in total. The molecule has 0 saturated heterocycles. The zero-order valence-corrected chi connectivity index (χ0v) is 41.0. The molecule has 0 bridgehead atoms. The van der Waals surface area contributed by atoms with Gasteiger partial charge in [0.1, 0.15) is 17.5 Å². The van der Waals surface area contributed by atoms with Crippen LogP contribution >= 0.6 is 0 Å². The predicted octanol–water partition coefficient (Wildman–Crippen LogP) is 11.0. The van der Waals surface area contributed by atoms with Gasteiger partial charge in [-0.25, -0.2) is 4.79 Å². The number of aryl methyl sites for hydroxylation is 2. The van der Waals surface area contributed by atoms with Gasteiger partial charge >= 0.3 is 5.97 Å². The molecule has 3 fully saturated rings. The van der Waals surface area contributed by atoms with Crippen molar-refractivity contribution in [2.45, 2.75) is 141 Å². The van der Waals surface area contributed by atoms with E-state index in [9.17, 15) is 14.4 Å². The second kappa shape index (κ2) is 19.9. The van der Waals surface area contributed by atoms with Crippen LogP contribution in [0.15, 0.2) is 72.8 Å². The Morgan fingerprint density at radius 3 is 1.50 bits per heavy atom. The zero-order valence-electron chi connectivity index (χ0n) is 41.0. The van der Waals surface area contributed by atoms with E-state index >= 15 is 0 Å². The molecule has 16 nitrogen and oxygen atoms in total. The van der Waals surface area contributed by atoms with Crippen molar-refractivity contribution < 1.29 is 19.5 Å². The summed E-state index contributed by atoms with van der Waals surface area (Å²) in [5, 5.41) is 27.6. The lowest BCUT2D eigenvalue weighted by Crippen LogP contribution is -2.18. The Kier molecular flexibility index (Phi) is 13.0. The minimum absolute atomic E-state index is 0. The van der Waals surface area contributed by atoms with Crippen molar-refractivity contribution in [1.82, 2.24) is 44.7 Å². The summed E-state index contributed by atoms with van der Waals surface area (Å²) in [7, 11) is 0. The number of H-pyrrole nitrogens is 4. The van der Waals surface area contributed by atoms with Crippen molar-refractivity contribution in [2.75, 3.05) is 17.2 Å². The fourth-order valence-corrected chi connectivity index (χ4v) is 11.2. The average Bonchev–Trinajstić information content (AvgIpc) is 4.39. The highest BCUT2D eigenvalue weighted by atomic mass is 16.4. The number of carbonyl (C=O) groups excluding carboxylic acids is 2. The van der Waals surface area contributed by atoms with Crippen LogP contribution in [0.2, 0.25) is 0 Å². The number of benzene rings is 3. The first-order valence-electron chi connectivity index (χ1n) is 26.3. The van der Waals surface area contributed by atoms with Crippen molar-refractivity contribution in [3.63, 3.8) is 0 Å². The van der Waals surface area contributed by atoms with E-state index < -0.39 is 5.97 Å². The van der Waals surface area contributed by atoms with Gasteiger partial charge in [-0.3, -0.25) is 14.7 Å². The Balaban J connectivity index is 0.000000111. The predicted molar refractivity (Wildman–Crippen MR) is 290 cm³/mol. The Labute approximate surface area is 428 Å². The number of aromatic amines is 4. The highest BCUT2D eigenvalue weighted by Gasteiger charge is 2.30. The summed E-state index contributed by atoms with van der Waals surface area (Å²) >= 11 is 0. The number of hydrogen-bond acceptors (Lipinski definition) is 9. The molecule has 3 saturated carbocycles. The highest BCUT2D eigenvalue weighted by molar-refractivity contribution is 6.09. The van der Waals surface area contributed by atoms with Crippen LogP contribution in [0.4, 0.5) is 17.5 Å². The van der Waals surface area contributed by atoms with Crippen molar-refractivity contribution in [2.24, 2.45) is 0 Å². The van der Waals surface area contributed by atoms with Gasteiger partial charge in [-0.1, -0.05) is 25.6 Å². The van der Waals surface area contributed by atoms with Crippen molar-refractivity contribution in [3.05, 3.63) is 140 Å². The molecule has 0 atom stereocenters. The van der Waals surface area contributed by atoms with Gasteiger partial charge in [-0.2, -0.15) is 19.6 Å². The van der Waals surface area contributed by atoms with E-state index in [1.54, 1.807) is 16.8 Å². The first-order valence-corrected chi connectivity index (χ1v) is 26.3. The molecule has 0 amide bonds. The summed E-state index contributed by atoms with van der Waals surface area (Å²) in [5.74, 6) is 2.56. The summed E-state index contributed by atoms with van der Waals surface area (Å²) in [5.41, 5.74) is 32.9. The number of carbonyl (C=O) groups is 3. The molecule has 16 heteroatoms. The average molecular weight is 995 g/mol. The smallest absolute Gasteiger partial charge is 0.336 e. The van der Waals surface area contributed by atoms with Gasteiger partial charge in [-0.15, -0.1) is 5.10 Å². The molecule has 9 aromatic rings. The Hall–Kier alpha value is -7.88. The molecular formula is C58H66N12O4. The molecule has 0 unspecified atom stereocenters. The molecule has 6 heterocycles. The number of carboxylic acid groups (broad SMARTS) is 1. The number of aromatic nitrogens is 9. The Bertz CT molecular complexity index is 3580. The van der Waals surface area contributed by atoms with Gasteiger partial charge in [0.25, 0.3) is 11.8 Å². The maximum absolute atomic E-state index is 13.2. The molecule has 6 aliphatic carbocycles. The van der Waals surface area contributed by atoms with Crippen molar-refractivity contribution in [3.8, 4) is 0 Å². The SMILES string of the molecule is C.Nc1c2c(nn1C(=O)c1cccc3[nH]c(C4CC4)cc13)CCCC2.Nc1n[nH]c2c1CCCC2.Nc1nn(C(=O)c2cccc3[nH]c(C4CC4)cc23)c2c1CCCC2.O=C(O)c1cccc2[nH]c(C3CC3)cc12. The second-order valence-electron chi connectivity index (χ2n) is 20.8. The molecular weight excluding hydrogens is 929 g/mol. The van der Waals surface area contributed by atoms with E-state index in [2.05, 4.69) is 47.5 Å². The fourth-order valence-electron chi connectivity index (χ4n) is 11.2. The van der Waals surface area contributed by atoms with Gasteiger partial charge in [0.15, 0.2) is 0 Å². The molecule has 0 aliphatic heterocycles. The largest absolute Gasteiger partial charge is 0.478 e. The van der Waals surface area contributed by atoms with Crippen LogP contribution in [-0.2, 0) is 38.5 Å². The first kappa shape index (κ1) is 48.4.